The summed E-state index contributed by atoms with van der Waals surface area (Å²) < 4.78 is 15.6. The zero-order valence-corrected chi connectivity index (χ0v) is 16.2. The van der Waals surface area contributed by atoms with Crippen LogP contribution in [-0.4, -0.2) is 57.7 Å². The predicted molar refractivity (Wildman–Crippen MR) is 104 cm³/mol. The van der Waals surface area contributed by atoms with Gasteiger partial charge in [0, 0.05) is 50.4 Å². The number of nitrogens with zero attached hydrogens (tertiary/aromatic N) is 4. The van der Waals surface area contributed by atoms with E-state index in [-0.39, 0.29) is 23.8 Å². The molecule has 1 aliphatic heterocycles. The van der Waals surface area contributed by atoms with Crippen LogP contribution in [0.4, 0.5) is 10.2 Å². The summed E-state index contributed by atoms with van der Waals surface area (Å²) >= 11 is 0. The van der Waals surface area contributed by atoms with Gasteiger partial charge in [0.15, 0.2) is 0 Å². The number of aromatic nitrogens is 2. The average molecular weight is 373 g/mol. The highest BCUT2D eigenvalue weighted by Crippen LogP contribution is 2.16. The summed E-state index contributed by atoms with van der Waals surface area (Å²) in [5.74, 6) is 0.537. The Morgan fingerprint density at radius 1 is 1.15 bits per heavy atom. The van der Waals surface area contributed by atoms with Gasteiger partial charge in [0.2, 0.25) is 5.91 Å². The zero-order valence-electron chi connectivity index (χ0n) is 16.2. The number of benzene rings is 1. The van der Waals surface area contributed by atoms with Crippen molar-refractivity contribution < 1.29 is 9.18 Å². The lowest BCUT2D eigenvalue weighted by atomic mass is 10.1. The van der Waals surface area contributed by atoms with E-state index in [4.69, 9.17) is 0 Å². The minimum Gasteiger partial charge on any atom is -0.310 e. The van der Waals surface area contributed by atoms with Gasteiger partial charge in [0.05, 0.1) is 12.2 Å². The molecule has 1 saturated heterocycles. The van der Waals surface area contributed by atoms with Crippen LogP contribution < -0.4 is 5.32 Å². The molecule has 2 heterocycles. The SMILES string of the molecule is CC(C)n1nccc1NC(=O)[C@H](C)N1CCN(Cc2ccccc2F)CC1. The van der Waals surface area contributed by atoms with E-state index < -0.39 is 0 Å². The molecule has 6 nitrogen and oxygen atoms in total. The second kappa shape index (κ2) is 8.63. The zero-order chi connectivity index (χ0) is 19.4. The number of halogens is 1. The molecule has 1 atom stereocenters. The summed E-state index contributed by atoms with van der Waals surface area (Å²) in [5, 5.41) is 7.23. The Morgan fingerprint density at radius 3 is 2.52 bits per heavy atom. The van der Waals surface area contributed by atoms with Gasteiger partial charge in [-0.05, 0) is 26.8 Å². The Hall–Kier alpha value is -2.25. The fraction of sp³-hybridized carbons (Fsp3) is 0.500. The third-order valence-electron chi connectivity index (χ3n) is 5.10. The van der Waals surface area contributed by atoms with E-state index in [0.717, 1.165) is 37.6 Å². The number of hydrogen-bond acceptors (Lipinski definition) is 4. The van der Waals surface area contributed by atoms with Crippen LogP contribution in [0, 0.1) is 5.82 Å². The van der Waals surface area contributed by atoms with Crippen molar-refractivity contribution in [2.45, 2.75) is 39.4 Å². The first kappa shape index (κ1) is 19.5. The second-order valence-corrected chi connectivity index (χ2v) is 7.32. The van der Waals surface area contributed by atoms with Crippen LogP contribution in [0.25, 0.3) is 0 Å². The van der Waals surface area contributed by atoms with Crippen molar-refractivity contribution in [1.29, 1.82) is 0 Å². The molecule has 146 valence electrons. The minimum atomic E-state index is -0.226. The van der Waals surface area contributed by atoms with E-state index >= 15 is 0 Å². The van der Waals surface area contributed by atoms with E-state index in [1.807, 2.05) is 39.0 Å². The highest BCUT2D eigenvalue weighted by molar-refractivity contribution is 5.93. The van der Waals surface area contributed by atoms with Gasteiger partial charge < -0.3 is 5.32 Å². The fourth-order valence-corrected chi connectivity index (χ4v) is 3.40. The van der Waals surface area contributed by atoms with Crippen LogP contribution >= 0.6 is 0 Å². The molecule has 1 aliphatic rings. The van der Waals surface area contributed by atoms with Gasteiger partial charge in [-0.2, -0.15) is 5.10 Å². The molecule has 1 aromatic heterocycles. The Morgan fingerprint density at radius 2 is 1.85 bits per heavy atom. The first-order chi connectivity index (χ1) is 13.0. The smallest absolute Gasteiger partial charge is 0.242 e. The molecule has 1 fully saturated rings. The lowest BCUT2D eigenvalue weighted by Crippen LogP contribution is -2.52. The summed E-state index contributed by atoms with van der Waals surface area (Å²) in [6.45, 7) is 9.79. The second-order valence-electron chi connectivity index (χ2n) is 7.32. The van der Waals surface area contributed by atoms with Crippen LogP contribution in [0.5, 0.6) is 0 Å². The molecule has 0 unspecified atom stereocenters. The van der Waals surface area contributed by atoms with Crippen molar-refractivity contribution >= 4 is 11.7 Å². The van der Waals surface area contributed by atoms with Crippen LogP contribution in [-0.2, 0) is 11.3 Å². The maximum Gasteiger partial charge on any atom is 0.242 e. The van der Waals surface area contributed by atoms with Gasteiger partial charge in [0.25, 0.3) is 0 Å². The summed E-state index contributed by atoms with van der Waals surface area (Å²) in [5.41, 5.74) is 0.721. The topological polar surface area (TPSA) is 53.4 Å². The van der Waals surface area contributed by atoms with E-state index in [9.17, 15) is 9.18 Å². The standard InChI is InChI=1S/C20H28FN5O/c1-15(2)26-19(8-9-22-26)23-20(27)16(3)25-12-10-24(11-13-25)14-17-6-4-5-7-18(17)21/h4-9,15-16H,10-14H2,1-3H3,(H,23,27)/t16-/m0/s1. The number of piperazine rings is 1. The molecule has 3 rings (SSSR count). The normalized spacial score (nSPS) is 17.2. The monoisotopic (exact) mass is 373 g/mol. The molecule has 0 spiro atoms. The van der Waals surface area contributed by atoms with Gasteiger partial charge in [-0.25, -0.2) is 9.07 Å². The number of nitrogens with one attached hydrogen (secondary N) is 1. The number of anilines is 1. The quantitative estimate of drug-likeness (QED) is 0.846. The summed E-state index contributed by atoms with van der Waals surface area (Å²) in [6, 6.07) is 8.68. The maximum atomic E-state index is 13.8. The summed E-state index contributed by atoms with van der Waals surface area (Å²) in [4.78, 5) is 17.0. The van der Waals surface area contributed by atoms with E-state index in [1.54, 1.807) is 16.9 Å². The molecular formula is C20H28FN5O. The minimum absolute atomic E-state index is 0.0278. The Balaban J connectivity index is 1.52. The highest BCUT2D eigenvalue weighted by atomic mass is 19.1. The van der Waals surface area contributed by atoms with Crippen molar-refractivity contribution in [3.63, 3.8) is 0 Å². The van der Waals surface area contributed by atoms with Crippen molar-refractivity contribution in [2.75, 3.05) is 31.5 Å². The number of hydrogen-bond donors (Lipinski definition) is 1. The lowest BCUT2D eigenvalue weighted by molar-refractivity contribution is -0.121. The largest absolute Gasteiger partial charge is 0.310 e. The van der Waals surface area contributed by atoms with E-state index in [2.05, 4.69) is 20.2 Å². The molecule has 0 radical (unpaired) electrons. The predicted octanol–water partition coefficient (Wildman–Crippen LogP) is 2.75. The molecule has 0 aliphatic carbocycles. The number of carbonyl (C=O) groups excluding carboxylic acids is 1. The molecule has 7 heteroatoms. The van der Waals surface area contributed by atoms with Crippen molar-refractivity contribution in [3.8, 4) is 0 Å². The lowest BCUT2D eigenvalue weighted by Gasteiger charge is -2.37. The van der Waals surface area contributed by atoms with Crippen molar-refractivity contribution in [2.24, 2.45) is 0 Å². The highest BCUT2D eigenvalue weighted by Gasteiger charge is 2.26. The van der Waals surface area contributed by atoms with Gasteiger partial charge in [-0.1, -0.05) is 18.2 Å². The van der Waals surface area contributed by atoms with Crippen LogP contribution in [0.1, 0.15) is 32.4 Å². The first-order valence-electron chi connectivity index (χ1n) is 9.50. The number of rotatable bonds is 6. The molecule has 1 aromatic carbocycles. The number of amides is 1. The van der Waals surface area contributed by atoms with Crippen LogP contribution in [0.2, 0.25) is 0 Å². The summed E-state index contributed by atoms with van der Waals surface area (Å²) in [7, 11) is 0. The number of carbonyl (C=O) groups is 1. The average Bonchev–Trinajstić information content (AvgIpc) is 3.12. The van der Waals surface area contributed by atoms with E-state index in [0.29, 0.717) is 6.54 Å². The Labute approximate surface area is 160 Å². The maximum absolute atomic E-state index is 13.8. The van der Waals surface area contributed by atoms with Gasteiger partial charge >= 0.3 is 0 Å². The molecule has 1 amide bonds. The van der Waals surface area contributed by atoms with Gasteiger partial charge in [0.1, 0.15) is 11.6 Å². The molecule has 2 aromatic rings. The van der Waals surface area contributed by atoms with E-state index in [1.165, 1.54) is 6.07 Å². The van der Waals surface area contributed by atoms with Crippen molar-refractivity contribution in [1.82, 2.24) is 19.6 Å². The first-order valence-corrected chi connectivity index (χ1v) is 9.50. The van der Waals surface area contributed by atoms with Gasteiger partial charge in [-0.15, -0.1) is 0 Å². The van der Waals surface area contributed by atoms with Crippen molar-refractivity contribution in [3.05, 3.63) is 47.9 Å². The van der Waals surface area contributed by atoms with Gasteiger partial charge in [-0.3, -0.25) is 14.6 Å². The summed E-state index contributed by atoms with van der Waals surface area (Å²) in [6.07, 6.45) is 1.70. The Kier molecular flexibility index (Phi) is 6.23. The fourth-order valence-electron chi connectivity index (χ4n) is 3.40. The Bertz CT molecular complexity index is 767. The third-order valence-corrected chi connectivity index (χ3v) is 5.10. The molecular weight excluding hydrogens is 345 g/mol. The molecule has 1 N–H and O–H groups in total. The molecule has 0 bridgehead atoms. The van der Waals surface area contributed by atoms with Crippen LogP contribution in [0.3, 0.4) is 0 Å². The van der Waals surface area contributed by atoms with Crippen LogP contribution in [0.15, 0.2) is 36.5 Å². The third kappa shape index (κ3) is 4.73. The molecule has 0 saturated carbocycles. The molecule has 27 heavy (non-hydrogen) atoms.